The zero-order valence-electron chi connectivity index (χ0n) is 8.74. The second-order valence-electron chi connectivity index (χ2n) is 3.84. The third-order valence-electron chi connectivity index (χ3n) is 2.72. The first-order valence-electron chi connectivity index (χ1n) is 5.12. The van der Waals surface area contributed by atoms with Crippen molar-refractivity contribution < 1.29 is 14.5 Å². The van der Waals surface area contributed by atoms with Crippen LogP contribution in [0.25, 0.3) is 0 Å². The first-order valence-corrected chi connectivity index (χ1v) is 5.92. The van der Waals surface area contributed by atoms with Gasteiger partial charge in [0.15, 0.2) is 0 Å². The van der Waals surface area contributed by atoms with E-state index in [0.717, 1.165) is 19.3 Å². The molecule has 0 radical (unpaired) electrons. The molecule has 3 nitrogen and oxygen atoms in total. The fourth-order valence-corrected chi connectivity index (χ4v) is 2.01. The summed E-state index contributed by atoms with van der Waals surface area (Å²) >= 11 is 3.53. The topological polar surface area (TPSA) is 27.7 Å². The zero-order chi connectivity index (χ0) is 10.7. The molecule has 0 saturated carbocycles. The summed E-state index contributed by atoms with van der Waals surface area (Å²) in [7, 11) is 1.70. The van der Waals surface area contributed by atoms with Gasteiger partial charge in [0.25, 0.3) is 0 Å². The molecule has 1 saturated heterocycles. The molecule has 1 fully saturated rings. The maximum atomic E-state index is 5.33. The van der Waals surface area contributed by atoms with Crippen molar-refractivity contribution in [2.45, 2.75) is 29.9 Å². The lowest BCUT2D eigenvalue weighted by atomic mass is 9.99. The molecule has 4 heteroatoms. The monoisotopic (exact) mass is 274 g/mol. The van der Waals surface area contributed by atoms with Crippen molar-refractivity contribution >= 4 is 15.9 Å². The van der Waals surface area contributed by atoms with Crippen LogP contribution in [0.1, 0.15) is 19.3 Å². The number of hydrogen-bond donors (Lipinski definition) is 0. The van der Waals surface area contributed by atoms with Gasteiger partial charge in [-0.1, -0.05) is 12.2 Å². The molecule has 0 aromatic carbocycles. The Morgan fingerprint density at radius 3 is 3.07 bits per heavy atom. The van der Waals surface area contributed by atoms with Gasteiger partial charge in [-0.15, -0.1) is 0 Å². The van der Waals surface area contributed by atoms with E-state index >= 15 is 0 Å². The predicted octanol–water partition coefficient (Wildman–Crippen LogP) is 2.72. The molecule has 15 heavy (non-hydrogen) atoms. The number of ether oxygens (including phenoxy) is 1. The van der Waals surface area contributed by atoms with Crippen LogP contribution in [0, 0.1) is 0 Å². The fraction of sp³-hybridized carbons (Fsp3) is 0.636. The Bertz CT molecular complexity index is 282. The Balaban J connectivity index is 1.88. The molecule has 0 aromatic rings. The lowest BCUT2D eigenvalue weighted by Crippen LogP contribution is -2.21. The van der Waals surface area contributed by atoms with E-state index in [2.05, 4.69) is 28.1 Å². The highest BCUT2D eigenvalue weighted by atomic mass is 79.9. The summed E-state index contributed by atoms with van der Waals surface area (Å²) in [6, 6.07) is 0. The molecule has 1 aliphatic heterocycles. The minimum absolute atomic E-state index is 0.214. The van der Waals surface area contributed by atoms with E-state index in [1.807, 2.05) is 6.08 Å². The van der Waals surface area contributed by atoms with Crippen LogP contribution in [-0.2, 0) is 14.5 Å². The maximum absolute atomic E-state index is 5.33. The summed E-state index contributed by atoms with van der Waals surface area (Å²) in [5.74, 6) is 0. The van der Waals surface area contributed by atoms with Crippen molar-refractivity contribution in [3.63, 3.8) is 0 Å². The van der Waals surface area contributed by atoms with Crippen molar-refractivity contribution in [2.24, 2.45) is 0 Å². The van der Waals surface area contributed by atoms with Crippen molar-refractivity contribution in [3.8, 4) is 0 Å². The molecule has 2 atom stereocenters. The van der Waals surface area contributed by atoms with Crippen molar-refractivity contribution in [2.75, 3.05) is 13.7 Å². The minimum Gasteiger partial charge on any atom is -0.363 e. The summed E-state index contributed by atoms with van der Waals surface area (Å²) < 4.78 is 5.01. The van der Waals surface area contributed by atoms with Crippen LogP contribution >= 0.6 is 15.9 Å². The first kappa shape index (κ1) is 11.3. The molecule has 0 amide bonds. The lowest BCUT2D eigenvalue weighted by molar-refractivity contribution is -0.273. The van der Waals surface area contributed by atoms with Crippen molar-refractivity contribution in [3.05, 3.63) is 23.8 Å². The Kier molecular flexibility index (Phi) is 3.61. The second-order valence-corrected chi connectivity index (χ2v) is 5.18. The molecule has 0 spiro atoms. The molecule has 84 valence electrons. The van der Waals surface area contributed by atoms with E-state index in [-0.39, 0.29) is 10.6 Å². The summed E-state index contributed by atoms with van der Waals surface area (Å²) in [6.45, 7) is 0.710. The molecule has 0 aromatic heterocycles. The third-order valence-corrected chi connectivity index (χ3v) is 3.63. The summed E-state index contributed by atoms with van der Waals surface area (Å²) in [5, 5.41) is 0. The molecule has 1 aliphatic carbocycles. The lowest BCUT2D eigenvalue weighted by Gasteiger charge is -2.24. The number of alkyl halides is 1. The van der Waals surface area contributed by atoms with E-state index < -0.39 is 0 Å². The van der Waals surface area contributed by atoms with E-state index in [4.69, 9.17) is 14.5 Å². The molecule has 0 N–H and O–H groups in total. The van der Waals surface area contributed by atoms with Crippen molar-refractivity contribution in [1.29, 1.82) is 0 Å². The number of rotatable bonds is 3. The molecule has 2 rings (SSSR count). The Morgan fingerprint density at radius 1 is 1.67 bits per heavy atom. The highest BCUT2D eigenvalue weighted by Gasteiger charge is 2.25. The average Bonchev–Trinajstić information content (AvgIpc) is 2.75. The normalized spacial score (nSPS) is 35.6. The zero-order valence-corrected chi connectivity index (χ0v) is 10.3. The largest absolute Gasteiger partial charge is 0.363 e. The smallest absolute Gasteiger partial charge is 0.144 e. The van der Waals surface area contributed by atoms with Gasteiger partial charge in [-0.05, 0) is 27.6 Å². The van der Waals surface area contributed by atoms with Gasteiger partial charge in [-0.3, -0.25) is 0 Å². The van der Waals surface area contributed by atoms with E-state index in [1.165, 1.54) is 5.57 Å². The van der Waals surface area contributed by atoms with Crippen LogP contribution in [0.15, 0.2) is 23.8 Å². The summed E-state index contributed by atoms with van der Waals surface area (Å²) in [5.41, 5.74) is 1.29. The average molecular weight is 275 g/mol. The van der Waals surface area contributed by atoms with Crippen LogP contribution in [-0.4, -0.2) is 24.3 Å². The van der Waals surface area contributed by atoms with Crippen LogP contribution in [0.4, 0.5) is 0 Å². The summed E-state index contributed by atoms with van der Waals surface area (Å²) in [6.07, 6.45) is 9.27. The Hall–Kier alpha value is -0.160. The van der Waals surface area contributed by atoms with Crippen LogP contribution in [0.5, 0.6) is 0 Å². The second kappa shape index (κ2) is 4.78. The molecule has 2 unspecified atom stereocenters. The van der Waals surface area contributed by atoms with Crippen molar-refractivity contribution in [1.82, 2.24) is 0 Å². The Morgan fingerprint density at radius 2 is 2.53 bits per heavy atom. The van der Waals surface area contributed by atoms with Gasteiger partial charge in [0.05, 0.1) is 12.7 Å². The van der Waals surface area contributed by atoms with Gasteiger partial charge in [0.2, 0.25) is 0 Å². The van der Waals surface area contributed by atoms with Gasteiger partial charge < -0.3 is 4.74 Å². The number of allylic oxidation sites excluding steroid dienone is 1. The first-order chi connectivity index (χ1) is 7.22. The van der Waals surface area contributed by atoms with E-state index in [9.17, 15) is 0 Å². The standard InChI is InChI=1S/C11H15BrO3/c1-13-11(12)5-2-9(3-6-11)8-10-4-7-14-15-10/h2-3,5,10H,4,6-8H2,1H3. The van der Waals surface area contributed by atoms with Gasteiger partial charge in [-0.25, -0.2) is 9.78 Å². The molecular weight excluding hydrogens is 260 g/mol. The van der Waals surface area contributed by atoms with E-state index in [0.29, 0.717) is 6.61 Å². The minimum atomic E-state index is -0.316. The van der Waals surface area contributed by atoms with Crippen LogP contribution < -0.4 is 0 Å². The molecular formula is C11H15BrO3. The molecule has 1 heterocycles. The Labute approximate surface area is 98.1 Å². The van der Waals surface area contributed by atoms with E-state index in [1.54, 1.807) is 7.11 Å². The predicted molar refractivity (Wildman–Crippen MR) is 60.6 cm³/mol. The number of hydrogen-bond acceptors (Lipinski definition) is 3. The third kappa shape index (κ3) is 2.91. The maximum Gasteiger partial charge on any atom is 0.144 e. The highest BCUT2D eigenvalue weighted by Crippen LogP contribution is 2.32. The molecule has 2 aliphatic rings. The van der Waals surface area contributed by atoms with Gasteiger partial charge in [-0.2, -0.15) is 0 Å². The quantitative estimate of drug-likeness (QED) is 0.585. The van der Waals surface area contributed by atoms with Gasteiger partial charge >= 0.3 is 0 Å². The van der Waals surface area contributed by atoms with Crippen LogP contribution in [0.3, 0.4) is 0 Å². The molecule has 0 bridgehead atoms. The SMILES string of the molecule is COC1(Br)C=CC(CC2CCOO2)=CC1. The van der Waals surface area contributed by atoms with Gasteiger partial charge in [0.1, 0.15) is 4.51 Å². The number of methoxy groups -OCH3 is 1. The highest BCUT2D eigenvalue weighted by molar-refractivity contribution is 9.10. The summed E-state index contributed by atoms with van der Waals surface area (Å²) in [4.78, 5) is 9.99. The number of halogens is 1. The van der Waals surface area contributed by atoms with Crippen LogP contribution in [0.2, 0.25) is 0 Å². The fourth-order valence-electron chi connectivity index (χ4n) is 1.71. The van der Waals surface area contributed by atoms with Gasteiger partial charge in [0, 0.05) is 26.4 Å².